The molecule has 1 amide bonds. The van der Waals surface area contributed by atoms with Crippen LogP contribution in [0.3, 0.4) is 0 Å². The molecule has 3 aromatic rings. The van der Waals surface area contributed by atoms with E-state index in [-0.39, 0.29) is 10.6 Å². The zero-order valence-electron chi connectivity index (χ0n) is 20.3. The van der Waals surface area contributed by atoms with E-state index in [1.807, 2.05) is 0 Å². The van der Waals surface area contributed by atoms with Gasteiger partial charge in [-0.05, 0) is 93.1 Å². The summed E-state index contributed by atoms with van der Waals surface area (Å²) < 4.78 is 13.7. The van der Waals surface area contributed by atoms with Gasteiger partial charge in [0.25, 0.3) is 5.91 Å². The number of aromatic nitrogens is 2. The summed E-state index contributed by atoms with van der Waals surface area (Å²) in [6.45, 7) is 2.47. The number of benzene rings is 2. The Kier molecular flexibility index (Phi) is 7.34. The number of carbonyl (C=O) groups is 1. The van der Waals surface area contributed by atoms with E-state index in [9.17, 15) is 9.18 Å². The number of nitrogens with one attached hydrogen (secondary N) is 3. The third-order valence-electron chi connectivity index (χ3n) is 7.06. The van der Waals surface area contributed by atoms with Crippen LogP contribution in [0.4, 0.5) is 27.5 Å². The number of halogens is 2. The predicted octanol–water partition coefficient (Wildman–Crippen LogP) is 5.46. The molecule has 0 spiro atoms. The maximum atomic E-state index is 13.7. The van der Waals surface area contributed by atoms with Gasteiger partial charge >= 0.3 is 0 Å². The summed E-state index contributed by atoms with van der Waals surface area (Å²) in [4.78, 5) is 23.7. The second-order valence-corrected chi connectivity index (χ2v) is 9.77. The lowest BCUT2D eigenvalue weighted by Gasteiger charge is -2.25. The molecule has 1 atom stereocenters. The quantitative estimate of drug-likeness (QED) is 0.384. The number of amides is 1. The van der Waals surface area contributed by atoms with Crippen molar-refractivity contribution in [3.05, 3.63) is 70.1 Å². The van der Waals surface area contributed by atoms with Gasteiger partial charge in [0.05, 0.1) is 17.4 Å². The molecule has 1 fully saturated rings. The molecule has 0 bridgehead atoms. The Labute approximate surface area is 215 Å². The Bertz CT molecular complexity index is 1260. The van der Waals surface area contributed by atoms with Crippen LogP contribution in [0.25, 0.3) is 0 Å². The number of carbonyl (C=O) groups excluding carboxylic acids is 1. The molecule has 36 heavy (non-hydrogen) atoms. The molecule has 1 unspecified atom stereocenters. The summed E-state index contributed by atoms with van der Waals surface area (Å²) in [5.74, 6) is -0.245. The molecular weight excluding hydrogens is 479 g/mol. The summed E-state index contributed by atoms with van der Waals surface area (Å²) in [5.41, 5.74) is 4.24. The van der Waals surface area contributed by atoms with Gasteiger partial charge in [0.15, 0.2) is 5.82 Å². The monoisotopic (exact) mass is 508 g/mol. The first kappa shape index (κ1) is 24.5. The van der Waals surface area contributed by atoms with Gasteiger partial charge in [0.1, 0.15) is 10.8 Å². The first-order chi connectivity index (χ1) is 17.5. The van der Waals surface area contributed by atoms with Crippen molar-refractivity contribution >= 4 is 40.6 Å². The molecule has 3 N–H and O–H groups in total. The normalized spacial score (nSPS) is 17.8. The molecule has 1 aliphatic carbocycles. The van der Waals surface area contributed by atoms with E-state index in [0.717, 1.165) is 18.5 Å². The van der Waals surface area contributed by atoms with Crippen molar-refractivity contribution in [1.82, 2.24) is 20.2 Å². The molecule has 1 aromatic heterocycles. The second kappa shape index (κ2) is 10.8. The van der Waals surface area contributed by atoms with E-state index in [1.165, 1.54) is 81.3 Å². The van der Waals surface area contributed by atoms with Gasteiger partial charge in [0, 0.05) is 18.8 Å². The average molecular weight is 509 g/mol. The van der Waals surface area contributed by atoms with E-state index >= 15 is 0 Å². The van der Waals surface area contributed by atoms with Crippen molar-refractivity contribution in [1.29, 1.82) is 0 Å². The molecule has 7 nitrogen and oxygen atoms in total. The van der Waals surface area contributed by atoms with Crippen molar-refractivity contribution in [3.63, 3.8) is 0 Å². The fourth-order valence-electron chi connectivity index (χ4n) is 5.16. The zero-order chi connectivity index (χ0) is 25.1. The second-order valence-electron chi connectivity index (χ2n) is 9.37. The van der Waals surface area contributed by atoms with Crippen molar-refractivity contribution in [3.8, 4) is 0 Å². The maximum Gasteiger partial charge on any atom is 0.253 e. The smallest absolute Gasteiger partial charge is 0.253 e. The SMILES string of the molecule is CNC(=O)c1cc(F)ccc1Nc1nc(Nc2ccc3c(c2)CCC(N2CCCC2)CC3)ncc1Cl. The minimum Gasteiger partial charge on any atom is -0.355 e. The van der Waals surface area contributed by atoms with Gasteiger partial charge < -0.3 is 20.9 Å². The van der Waals surface area contributed by atoms with E-state index in [4.69, 9.17) is 11.6 Å². The van der Waals surface area contributed by atoms with Crippen LogP contribution in [0.2, 0.25) is 5.02 Å². The number of hydrogen-bond donors (Lipinski definition) is 3. The number of anilines is 4. The minimum absolute atomic E-state index is 0.152. The van der Waals surface area contributed by atoms with Crippen LogP contribution in [0.5, 0.6) is 0 Å². The van der Waals surface area contributed by atoms with Crippen molar-refractivity contribution in [2.24, 2.45) is 0 Å². The molecule has 1 saturated heterocycles. The molecule has 2 heterocycles. The predicted molar refractivity (Wildman–Crippen MR) is 141 cm³/mol. The first-order valence-electron chi connectivity index (χ1n) is 12.4. The number of nitrogens with zero attached hydrogens (tertiary/aromatic N) is 3. The van der Waals surface area contributed by atoms with Crippen molar-refractivity contribution < 1.29 is 9.18 Å². The maximum absolute atomic E-state index is 13.7. The Balaban J connectivity index is 1.32. The molecule has 9 heteroatoms. The molecule has 2 aromatic carbocycles. The Hall–Kier alpha value is -3.23. The lowest BCUT2D eigenvalue weighted by atomic mass is 10.0. The number of likely N-dealkylation sites (tertiary alicyclic amines) is 1. The lowest BCUT2D eigenvalue weighted by Crippen LogP contribution is -2.32. The number of fused-ring (bicyclic) bond motifs is 1. The van der Waals surface area contributed by atoms with E-state index in [1.54, 1.807) is 0 Å². The summed E-state index contributed by atoms with van der Waals surface area (Å²) in [6.07, 6.45) is 8.71. The van der Waals surface area contributed by atoms with Crippen LogP contribution in [0, 0.1) is 5.82 Å². The Morgan fingerprint density at radius 2 is 1.83 bits per heavy atom. The van der Waals surface area contributed by atoms with Crippen LogP contribution < -0.4 is 16.0 Å². The van der Waals surface area contributed by atoms with Gasteiger partial charge in [0.2, 0.25) is 5.95 Å². The van der Waals surface area contributed by atoms with Crippen LogP contribution in [-0.2, 0) is 12.8 Å². The average Bonchev–Trinajstić information content (AvgIpc) is 3.34. The van der Waals surface area contributed by atoms with Gasteiger partial charge in [-0.1, -0.05) is 17.7 Å². The highest BCUT2D eigenvalue weighted by Gasteiger charge is 2.24. The lowest BCUT2D eigenvalue weighted by molar-refractivity contribution is 0.0963. The molecule has 1 aliphatic heterocycles. The zero-order valence-corrected chi connectivity index (χ0v) is 21.0. The van der Waals surface area contributed by atoms with Crippen molar-refractivity contribution in [2.45, 2.75) is 44.6 Å². The molecule has 5 rings (SSSR count). The van der Waals surface area contributed by atoms with Crippen LogP contribution >= 0.6 is 11.6 Å². The van der Waals surface area contributed by atoms with Crippen LogP contribution in [0.1, 0.15) is 47.2 Å². The van der Waals surface area contributed by atoms with Gasteiger partial charge in [-0.2, -0.15) is 4.98 Å². The van der Waals surface area contributed by atoms with E-state index in [0.29, 0.717) is 23.5 Å². The highest BCUT2D eigenvalue weighted by molar-refractivity contribution is 6.33. The topological polar surface area (TPSA) is 82.2 Å². The minimum atomic E-state index is -0.509. The molecule has 188 valence electrons. The van der Waals surface area contributed by atoms with Gasteiger partial charge in [-0.3, -0.25) is 4.79 Å². The fraction of sp³-hybridized carbons (Fsp3) is 0.370. The highest BCUT2D eigenvalue weighted by Crippen LogP contribution is 2.30. The van der Waals surface area contributed by atoms with Crippen LogP contribution in [0.15, 0.2) is 42.6 Å². The van der Waals surface area contributed by atoms with Gasteiger partial charge in [-0.15, -0.1) is 0 Å². The summed E-state index contributed by atoms with van der Waals surface area (Å²) in [5, 5.41) is 9.12. The third-order valence-corrected chi connectivity index (χ3v) is 7.34. The van der Waals surface area contributed by atoms with Gasteiger partial charge in [-0.25, -0.2) is 9.37 Å². The number of aryl methyl sites for hydroxylation is 2. The summed E-state index contributed by atoms with van der Waals surface area (Å²) in [6, 6.07) is 11.0. The van der Waals surface area contributed by atoms with Crippen LogP contribution in [-0.4, -0.2) is 47.0 Å². The van der Waals surface area contributed by atoms with E-state index < -0.39 is 11.7 Å². The molecule has 0 saturated carbocycles. The Morgan fingerprint density at radius 3 is 2.61 bits per heavy atom. The highest BCUT2D eigenvalue weighted by atomic mass is 35.5. The number of hydrogen-bond acceptors (Lipinski definition) is 6. The number of rotatable bonds is 6. The standard InChI is InChI=1S/C27H30ClFN6O/c1-30-26(36)22-15-19(29)7-11-24(22)33-25-23(28)16-31-27(34-25)32-20-8-4-17-5-9-21(10-6-18(17)14-20)35-12-2-3-13-35/h4,7-8,11,14-16,21H,2-3,5-6,9-10,12-13H2,1H3,(H,30,36)(H2,31,32,33,34). The summed E-state index contributed by atoms with van der Waals surface area (Å²) >= 11 is 6.33. The largest absolute Gasteiger partial charge is 0.355 e. The van der Waals surface area contributed by atoms with Crippen molar-refractivity contribution in [2.75, 3.05) is 30.8 Å². The third kappa shape index (κ3) is 5.44. The molecule has 2 aliphatic rings. The van der Waals surface area contributed by atoms with E-state index in [2.05, 4.69) is 49.0 Å². The first-order valence-corrected chi connectivity index (χ1v) is 12.8. The molecule has 0 radical (unpaired) electrons. The Morgan fingerprint density at radius 1 is 1.06 bits per heavy atom. The summed E-state index contributed by atoms with van der Waals surface area (Å²) in [7, 11) is 1.49. The molecular formula is C27H30ClFN6O. The fourth-order valence-corrected chi connectivity index (χ4v) is 5.30.